The van der Waals surface area contributed by atoms with Crippen molar-refractivity contribution in [1.82, 2.24) is 0 Å². The Morgan fingerprint density at radius 3 is 2.73 bits per heavy atom. The van der Waals surface area contributed by atoms with Crippen molar-refractivity contribution in [2.24, 2.45) is 5.92 Å². The van der Waals surface area contributed by atoms with Gasteiger partial charge in [0, 0.05) is 11.8 Å². The number of para-hydroxylation sites is 1. The van der Waals surface area contributed by atoms with Crippen molar-refractivity contribution in [3.63, 3.8) is 0 Å². The minimum Gasteiger partial charge on any atom is -0.324 e. The number of carbonyl (C=O) groups excluding carboxylic acids is 1. The maximum atomic E-state index is 11.6. The molecular formula is C11H13Cl2NO. The number of hydrogen-bond acceptors (Lipinski definition) is 1. The average Bonchev–Trinajstić information content (AvgIpc) is 2.22. The molecule has 0 aromatic heterocycles. The number of carbonyl (C=O) groups is 1. The molecule has 82 valence electrons. The molecule has 0 heterocycles. The third-order valence-electron chi connectivity index (χ3n) is 2.15. The van der Waals surface area contributed by atoms with Crippen molar-refractivity contribution < 1.29 is 4.79 Å². The third kappa shape index (κ3) is 3.11. The Kier molecular flexibility index (Phi) is 4.43. The van der Waals surface area contributed by atoms with Gasteiger partial charge in [0.1, 0.15) is 0 Å². The Balaban J connectivity index is 2.85. The van der Waals surface area contributed by atoms with Gasteiger partial charge in [0.15, 0.2) is 0 Å². The molecule has 0 saturated heterocycles. The summed E-state index contributed by atoms with van der Waals surface area (Å²) in [5, 5.41) is 3.32. The van der Waals surface area contributed by atoms with Crippen LogP contribution < -0.4 is 5.32 Å². The fourth-order valence-electron chi connectivity index (χ4n) is 1.11. The molecule has 1 rings (SSSR count). The second-order valence-corrected chi connectivity index (χ2v) is 4.19. The molecule has 0 aliphatic rings. The van der Waals surface area contributed by atoms with E-state index in [9.17, 15) is 4.79 Å². The van der Waals surface area contributed by atoms with Crippen LogP contribution in [0, 0.1) is 12.8 Å². The van der Waals surface area contributed by atoms with E-state index >= 15 is 0 Å². The largest absolute Gasteiger partial charge is 0.324 e. The lowest BCUT2D eigenvalue weighted by Gasteiger charge is -2.12. The molecule has 0 radical (unpaired) electrons. The standard InChI is InChI=1S/C11H13Cl2NO/c1-7-4-3-5-9(13)10(7)14-11(15)8(2)6-12/h3-5,8H,6H2,1-2H3,(H,14,15). The van der Waals surface area contributed by atoms with Crippen LogP contribution in [-0.4, -0.2) is 11.8 Å². The van der Waals surface area contributed by atoms with Gasteiger partial charge in [-0.3, -0.25) is 4.79 Å². The molecule has 0 aliphatic heterocycles. The number of halogens is 2. The Morgan fingerprint density at radius 1 is 1.53 bits per heavy atom. The fourth-order valence-corrected chi connectivity index (χ4v) is 1.52. The van der Waals surface area contributed by atoms with Crippen molar-refractivity contribution >= 4 is 34.8 Å². The lowest BCUT2D eigenvalue weighted by Crippen LogP contribution is -2.22. The smallest absolute Gasteiger partial charge is 0.228 e. The summed E-state index contributed by atoms with van der Waals surface area (Å²) >= 11 is 11.6. The van der Waals surface area contributed by atoms with Crippen LogP contribution in [0.1, 0.15) is 12.5 Å². The number of anilines is 1. The summed E-state index contributed by atoms with van der Waals surface area (Å²) in [5.74, 6) is -0.0291. The van der Waals surface area contributed by atoms with Crippen LogP contribution in [0.2, 0.25) is 5.02 Å². The van der Waals surface area contributed by atoms with Crippen LogP contribution in [0.4, 0.5) is 5.69 Å². The zero-order valence-corrected chi connectivity index (χ0v) is 10.2. The molecule has 2 nitrogen and oxygen atoms in total. The number of rotatable bonds is 3. The Labute approximate surface area is 99.6 Å². The van der Waals surface area contributed by atoms with Gasteiger partial charge < -0.3 is 5.32 Å². The quantitative estimate of drug-likeness (QED) is 0.813. The summed E-state index contributed by atoms with van der Waals surface area (Å²) in [6.07, 6.45) is 0. The third-order valence-corrected chi connectivity index (χ3v) is 2.93. The summed E-state index contributed by atoms with van der Waals surface area (Å²) in [6.45, 7) is 3.67. The van der Waals surface area contributed by atoms with Crippen LogP contribution >= 0.6 is 23.2 Å². The van der Waals surface area contributed by atoms with Gasteiger partial charge in [0.2, 0.25) is 5.91 Å². The summed E-state index contributed by atoms with van der Waals surface area (Å²) < 4.78 is 0. The van der Waals surface area contributed by atoms with Crippen molar-refractivity contribution in [2.45, 2.75) is 13.8 Å². The second kappa shape index (κ2) is 5.38. The number of aryl methyl sites for hydroxylation is 1. The van der Waals surface area contributed by atoms with Crippen molar-refractivity contribution in [3.05, 3.63) is 28.8 Å². The van der Waals surface area contributed by atoms with E-state index < -0.39 is 0 Å². The molecule has 15 heavy (non-hydrogen) atoms. The molecule has 0 aliphatic carbocycles. The first-order chi connectivity index (χ1) is 7.06. The van der Waals surface area contributed by atoms with Gasteiger partial charge in [-0.25, -0.2) is 0 Å². The molecule has 0 spiro atoms. The normalized spacial score (nSPS) is 12.3. The van der Waals surface area contributed by atoms with E-state index in [-0.39, 0.29) is 11.8 Å². The van der Waals surface area contributed by atoms with Crippen LogP contribution in [0.25, 0.3) is 0 Å². The SMILES string of the molecule is Cc1cccc(Cl)c1NC(=O)C(C)CCl. The Bertz CT molecular complexity index is 345. The van der Waals surface area contributed by atoms with E-state index in [2.05, 4.69) is 5.32 Å². The van der Waals surface area contributed by atoms with Gasteiger partial charge in [0.25, 0.3) is 0 Å². The maximum Gasteiger partial charge on any atom is 0.228 e. The highest BCUT2D eigenvalue weighted by Gasteiger charge is 2.13. The first kappa shape index (κ1) is 12.3. The first-order valence-electron chi connectivity index (χ1n) is 4.68. The molecule has 4 heteroatoms. The molecule has 0 fully saturated rings. The molecule has 1 N–H and O–H groups in total. The lowest BCUT2D eigenvalue weighted by molar-refractivity contribution is -0.118. The zero-order chi connectivity index (χ0) is 11.4. The molecule has 0 saturated carbocycles. The van der Waals surface area contributed by atoms with Crippen LogP contribution in [0.3, 0.4) is 0 Å². The molecular weight excluding hydrogens is 233 g/mol. The first-order valence-corrected chi connectivity index (χ1v) is 5.59. The molecule has 1 aromatic carbocycles. The number of nitrogens with one attached hydrogen (secondary N) is 1. The number of benzene rings is 1. The van der Waals surface area contributed by atoms with Crippen molar-refractivity contribution in [2.75, 3.05) is 11.2 Å². The van der Waals surface area contributed by atoms with E-state index in [1.807, 2.05) is 19.1 Å². The van der Waals surface area contributed by atoms with Crippen LogP contribution in [0.5, 0.6) is 0 Å². The summed E-state index contributed by atoms with van der Waals surface area (Å²) in [4.78, 5) is 11.6. The molecule has 1 aromatic rings. The van der Waals surface area contributed by atoms with E-state index in [1.54, 1.807) is 13.0 Å². The highest BCUT2D eigenvalue weighted by molar-refractivity contribution is 6.34. The lowest BCUT2D eigenvalue weighted by atomic mass is 10.1. The Morgan fingerprint density at radius 2 is 2.20 bits per heavy atom. The monoisotopic (exact) mass is 245 g/mol. The second-order valence-electron chi connectivity index (χ2n) is 3.48. The summed E-state index contributed by atoms with van der Waals surface area (Å²) in [5.41, 5.74) is 1.61. The number of amides is 1. The average molecular weight is 246 g/mol. The van der Waals surface area contributed by atoms with E-state index in [0.29, 0.717) is 16.6 Å². The zero-order valence-electron chi connectivity index (χ0n) is 8.68. The van der Waals surface area contributed by atoms with Crippen LogP contribution in [-0.2, 0) is 4.79 Å². The predicted octanol–water partition coefficient (Wildman–Crippen LogP) is 3.46. The summed E-state index contributed by atoms with van der Waals surface area (Å²) in [7, 11) is 0. The van der Waals surface area contributed by atoms with Gasteiger partial charge in [-0.15, -0.1) is 11.6 Å². The highest BCUT2D eigenvalue weighted by atomic mass is 35.5. The fraction of sp³-hybridized carbons (Fsp3) is 0.364. The summed E-state index contributed by atoms with van der Waals surface area (Å²) in [6, 6.07) is 5.49. The molecule has 0 bridgehead atoms. The highest BCUT2D eigenvalue weighted by Crippen LogP contribution is 2.25. The predicted molar refractivity (Wildman–Crippen MR) is 64.7 cm³/mol. The van der Waals surface area contributed by atoms with E-state index in [1.165, 1.54) is 0 Å². The molecule has 1 amide bonds. The van der Waals surface area contributed by atoms with E-state index in [0.717, 1.165) is 5.56 Å². The minimum atomic E-state index is -0.220. The number of hydrogen-bond donors (Lipinski definition) is 1. The van der Waals surface area contributed by atoms with Crippen molar-refractivity contribution in [3.8, 4) is 0 Å². The number of alkyl halides is 1. The topological polar surface area (TPSA) is 29.1 Å². The van der Waals surface area contributed by atoms with Gasteiger partial charge in [-0.05, 0) is 18.6 Å². The van der Waals surface area contributed by atoms with Gasteiger partial charge in [0.05, 0.1) is 10.7 Å². The minimum absolute atomic E-state index is 0.110. The van der Waals surface area contributed by atoms with Gasteiger partial charge in [-0.1, -0.05) is 30.7 Å². The Hall–Kier alpha value is -0.730. The van der Waals surface area contributed by atoms with Crippen molar-refractivity contribution in [1.29, 1.82) is 0 Å². The van der Waals surface area contributed by atoms with E-state index in [4.69, 9.17) is 23.2 Å². The van der Waals surface area contributed by atoms with Gasteiger partial charge in [-0.2, -0.15) is 0 Å². The maximum absolute atomic E-state index is 11.6. The molecule has 1 unspecified atom stereocenters. The van der Waals surface area contributed by atoms with Gasteiger partial charge >= 0.3 is 0 Å². The molecule has 1 atom stereocenters. The van der Waals surface area contributed by atoms with Crippen LogP contribution in [0.15, 0.2) is 18.2 Å².